The molecule has 0 aliphatic heterocycles. The first-order valence-electron chi connectivity index (χ1n) is 8.55. The molecule has 1 unspecified atom stereocenters. The molecule has 0 fully saturated rings. The Balaban J connectivity index is 2.66. The summed E-state index contributed by atoms with van der Waals surface area (Å²) in [7, 11) is 0. The van der Waals surface area contributed by atoms with E-state index in [-0.39, 0.29) is 24.0 Å². The minimum atomic E-state index is -1.23. The standard InChI is InChI=1S/C19H23N3O5/c1-11-12(10-13-14(21-11)6-5-7-15(13)22(25)26)17(16(23)8-9-20)18(24)27-19(2,3)4/h5-7,10,17H,8-9,20H2,1-4H3. The Kier molecular flexibility index (Phi) is 5.90. The summed E-state index contributed by atoms with van der Waals surface area (Å²) in [5.74, 6) is -2.36. The molecule has 27 heavy (non-hydrogen) atoms. The van der Waals surface area contributed by atoms with Gasteiger partial charge in [-0.15, -0.1) is 0 Å². The summed E-state index contributed by atoms with van der Waals surface area (Å²) in [6, 6.07) is 6.02. The number of pyridine rings is 1. The highest BCUT2D eigenvalue weighted by atomic mass is 16.6. The average molecular weight is 373 g/mol. The first kappa shape index (κ1) is 20.4. The van der Waals surface area contributed by atoms with Gasteiger partial charge in [0.25, 0.3) is 5.69 Å². The fourth-order valence-corrected chi connectivity index (χ4v) is 2.82. The van der Waals surface area contributed by atoms with Crippen LogP contribution in [0.15, 0.2) is 24.3 Å². The molecule has 0 aliphatic rings. The van der Waals surface area contributed by atoms with Gasteiger partial charge in [-0.2, -0.15) is 0 Å². The van der Waals surface area contributed by atoms with Crippen molar-refractivity contribution >= 4 is 28.3 Å². The number of aromatic nitrogens is 1. The largest absolute Gasteiger partial charge is 0.459 e. The van der Waals surface area contributed by atoms with Crippen molar-refractivity contribution in [3.63, 3.8) is 0 Å². The number of carbonyl (C=O) groups is 2. The molecule has 2 rings (SSSR count). The molecule has 8 heteroatoms. The Hall–Kier alpha value is -2.87. The van der Waals surface area contributed by atoms with E-state index in [1.54, 1.807) is 33.8 Å². The van der Waals surface area contributed by atoms with Gasteiger partial charge in [-0.3, -0.25) is 24.7 Å². The second kappa shape index (κ2) is 7.79. The van der Waals surface area contributed by atoms with Gasteiger partial charge < -0.3 is 10.5 Å². The van der Waals surface area contributed by atoms with E-state index >= 15 is 0 Å². The SMILES string of the molecule is Cc1nc2cccc([N+](=O)[O-])c2cc1C(C(=O)CCN)C(=O)OC(C)(C)C. The second-order valence-electron chi connectivity index (χ2n) is 7.24. The van der Waals surface area contributed by atoms with Crippen LogP contribution in [0.5, 0.6) is 0 Å². The van der Waals surface area contributed by atoms with Crippen LogP contribution in [0.1, 0.15) is 44.4 Å². The number of ketones is 1. The lowest BCUT2D eigenvalue weighted by Crippen LogP contribution is -2.32. The lowest BCUT2D eigenvalue weighted by Gasteiger charge is -2.24. The molecule has 1 atom stereocenters. The van der Waals surface area contributed by atoms with Gasteiger partial charge in [-0.05, 0) is 51.9 Å². The van der Waals surface area contributed by atoms with Crippen molar-refractivity contribution < 1.29 is 19.2 Å². The van der Waals surface area contributed by atoms with Gasteiger partial charge in [-0.1, -0.05) is 6.07 Å². The van der Waals surface area contributed by atoms with Crippen molar-refractivity contribution in [3.8, 4) is 0 Å². The summed E-state index contributed by atoms with van der Waals surface area (Å²) < 4.78 is 5.40. The third-order valence-corrected chi connectivity index (χ3v) is 3.93. The van der Waals surface area contributed by atoms with Crippen LogP contribution in [0.25, 0.3) is 10.9 Å². The van der Waals surface area contributed by atoms with Crippen LogP contribution >= 0.6 is 0 Å². The van der Waals surface area contributed by atoms with Gasteiger partial charge in [0.05, 0.1) is 15.8 Å². The van der Waals surface area contributed by atoms with Crippen LogP contribution in [0.3, 0.4) is 0 Å². The molecule has 0 aliphatic carbocycles. The molecule has 2 aromatic rings. The predicted molar refractivity (Wildman–Crippen MR) is 100 cm³/mol. The summed E-state index contributed by atoms with van der Waals surface area (Å²) >= 11 is 0. The van der Waals surface area contributed by atoms with Gasteiger partial charge in [0, 0.05) is 18.2 Å². The Morgan fingerprint density at radius 3 is 2.56 bits per heavy atom. The number of fused-ring (bicyclic) bond motifs is 1. The smallest absolute Gasteiger partial charge is 0.321 e. The van der Waals surface area contributed by atoms with Crippen LogP contribution in [0.4, 0.5) is 5.69 Å². The molecule has 0 bridgehead atoms. The van der Waals surface area contributed by atoms with Crippen molar-refractivity contribution in [1.29, 1.82) is 0 Å². The number of rotatable bonds is 6. The van der Waals surface area contributed by atoms with Crippen molar-refractivity contribution in [3.05, 3.63) is 45.6 Å². The number of ether oxygens (including phenoxy) is 1. The fourth-order valence-electron chi connectivity index (χ4n) is 2.82. The number of benzene rings is 1. The van der Waals surface area contributed by atoms with Gasteiger partial charge in [0.15, 0.2) is 5.78 Å². The molecule has 0 spiro atoms. The highest BCUT2D eigenvalue weighted by Gasteiger charge is 2.34. The van der Waals surface area contributed by atoms with Crippen LogP contribution in [-0.4, -0.2) is 33.8 Å². The lowest BCUT2D eigenvalue weighted by molar-refractivity contribution is -0.383. The van der Waals surface area contributed by atoms with Crippen molar-refractivity contribution in [1.82, 2.24) is 4.98 Å². The molecule has 2 N–H and O–H groups in total. The molecule has 1 heterocycles. The zero-order chi connectivity index (χ0) is 20.4. The van der Waals surface area contributed by atoms with Crippen LogP contribution in [0.2, 0.25) is 0 Å². The summed E-state index contributed by atoms with van der Waals surface area (Å²) in [6.45, 7) is 6.84. The average Bonchev–Trinajstić information content (AvgIpc) is 2.53. The third-order valence-electron chi connectivity index (χ3n) is 3.93. The molecule has 1 aromatic heterocycles. The first-order valence-corrected chi connectivity index (χ1v) is 8.55. The van der Waals surface area contributed by atoms with Crippen LogP contribution in [0, 0.1) is 17.0 Å². The third kappa shape index (κ3) is 4.65. The van der Waals surface area contributed by atoms with Crippen LogP contribution in [-0.2, 0) is 14.3 Å². The maximum absolute atomic E-state index is 12.7. The zero-order valence-corrected chi connectivity index (χ0v) is 15.8. The molecule has 8 nitrogen and oxygen atoms in total. The van der Waals surface area contributed by atoms with E-state index in [2.05, 4.69) is 4.98 Å². The highest BCUT2D eigenvalue weighted by Crippen LogP contribution is 2.31. The van der Waals surface area contributed by atoms with Gasteiger partial charge in [0.1, 0.15) is 11.5 Å². The number of nitro benzene ring substituents is 1. The quantitative estimate of drug-likeness (QED) is 0.357. The number of carbonyl (C=O) groups excluding carboxylic acids is 2. The molecule has 0 amide bonds. The molecule has 0 saturated carbocycles. The van der Waals surface area contributed by atoms with E-state index in [4.69, 9.17) is 10.5 Å². The normalized spacial score (nSPS) is 12.6. The Morgan fingerprint density at radius 1 is 1.33 bits per heavy atom. The Morgan fingerprint density at radius 2 is 2.00 bits per heavy atom. The number of aryl methyl sites for hydroxylation is 1. The summed E-state index contributed by atoms with van der Waals surface area (Å²) in [5, 5.41) is 11.6. The lowest BCUT2D eigenvalue weighted by atomic mass is 9.90. The van der Waals surface area contributed by atoms with Gasteiger partial charge in [-0.25, -0.2) is 0 Å². The monoisotopic (exact) mass is 373 g/mol. The van der Waals surface area contributed by atoms with Gasteiger partial charge >= 0.3 is 5.97 Å². The van der Waals surface area contributed by atoms with Crippen molar-refractivity contribution in [2.45, 2.75) is 45.6 Å². The second-order valence-corrected chi connectivity index (χ2v) is 7.24. The maximum atomic E-state index is 12.7. The number of nitrogens with two attached hydrogens (primary N) is 1. The number of hydrogen-bond acceptors (Lipinski definition) is 7. The summed E-state index contributed by atoms with van der Waals surface area (Å²) in [4.78, 5) is 40.6. The molecule has 144 valence electrons. The topological polar surface area (TPSA) is 125 Å². The fraction of sp³-hybridized carbons (Fsp3) is 0.421. The van der Waals surface area contributed by atoms with Gasteiger partial charge in [0.2, 0.25) is 0 Å². The van der Waals surface area contributed by atoms with Crippen molar-refractivity contribution in [2.75, 3.05) is 6.54 Å². The molecular formula is C19H23N3O5. The Labute approximate surface area is 156 Å². The number of hydrogen-bond donors (Lipinski definition) is 1. The van der Waals surface area contributed by atoms with E-state index in [9.17, 15) is 19.7 Å². The van der Waals surface area contributed by atoms with E-state index in [1.807, 2.05) is 0 Å². The highest BCUT2D eigenvalue weighted by molar-refractivity contribution is 6.05. The molecule has 1 aromatic carbocycles. The molecule has 0 radical (unpaired) electrons. The number of non-ortho nitro benzene ring substituents is 1. The predicted octanol–water partition coefficient (Wildman–Crippen LogP) is 2.79. The molecular weight excluding hydrogens is 350 g/mol. The maximum Gasteiger partial charge on any atom is 0.321 e. The Bertz CT molecular complexity index is 902. The molecule has 0 saturated heterocycles. The van der Waals surface area contributed by atoms with E-state index in [1.165, 1.54) is 18.2 Å². The minimum absolute atomic E-state index is 0.0156. The van der Waals surface area contributed by atoms with E-state index in [0.29, 0.717) is 16.8 Å². The number of esters is 1. The summed E-state index contributed by atoms with van der Waals surface area (Å²) in [6.07, 6.45) is -0.0156. The van der Waals surface area contributed by atoms with Crippen LogP contribution < -0.4 is 5.73 Å². The zero-order valence-electron chi connectivity index (χ0n) is 15.8. The number of nitro groups is 1. The van der Waals surface area contributed by atoms with E-state index < -0.39 is 28.2 Å². The summed E-state index contributed by atoms with van der Waals surface area (Å²) in [5.41, 5.74) is 5.70. The van der Waals surface area contributed by atoms with Crippen molar-refractivity contribution in [2.24, 2.45) is 5.73 Å². The number of Topliss-reactive ketones (excluding diaryl/α,β-unsaturated/α-hetero) is 1. The van der Waals surface area contributed by atoms with E-state index in [0.717, 1.165) is 0 Å². The number of nitrogens with zero attached hydrogens (tertiary/aromatic N) is 2. The minimum Gasteiger partial charge on any atom is -0.459 e. The first-order chi connectivity index (χ1) is 12.5.